The predicted octanol–water partition coefficient (Wildman–Crippen LogP) is 18.6. The predicted molar refractivity (Wildman–Crippen MR) is 307 cm³/mol. The molecule has 11 aromatic carbocycles. The van der Waals surface area contributed by atoms with Crippen molar-refractivity contribution in [3.05, 3.63) is 230 Å². The number of rotatable bonds is 5. The third-order valence-corrected chi connectivity index (χ3v) is 16.5. The maximum absolute atomic E-state index is 7.16. The average molecular weight is 949 g/mol. The lowest BCUT2D eigenvalue weighted by Crippen LogP contribution is -2.05. The van der Waals surface area contributed by atoms with Crippen LogP contribution < -0.4 is 0 Å². The zero-order chi connectivity index (χ0) is 47.9. The van der Waals surface area contributed by atoms with Crippen molar-refractivity contribution in [1.82, 2.24) is 19.1 Å². The molecule has 73 heavy (non-hydrogen) atoms. The smallest absolute Gasteiger partial charge is 0.166 e. The minimum Gasteiger partial charge on any atom is -0.455 e. The second-order valence-electron chi connectivity index (χ2n) is 19.2. The third-order valence-electron chi connectivity index (χ3n) is 15.3. The Hall–Kier alpha value is -9.36. The lowest BCUT2D eigenvalue weighted by atomic mass is 9.97. The van der Waals surface area contributed by atoms with Crippen LogP contribution in [0.5, 0.6) is 0 Å². The number of furan rings is 1. The van der Waals surface area contributed by atoms with Crippen molar-refractivity contribution >= 4 is 119 Å². The van der Waals surface area contributed by atoms with Crippen molar-refractivity contribution in [2.45, 2.75) is 6.92 Å². The van der Waals surface area contributed by atoms with Crippen molar-refractivity contribution in [2.75, 3.05) is 0 Å². The first-order valence-electron chi connectivity index (χ1n) is 24.8. The lowest BCUT2D eigenvalue weighted by molar-refractivity contribution is 0.669. The molecule has 0 bridgehead atoms. The van der Waals surface area contributed by atoms with Crippen LogP contribution in [0.3, 0.4) is 0 Å². The Labute approximate surface area is 422 Å². The minimum atomic E-state index is 0.587. The quantitative estimate of drug-likeness (QED) is 0.173. The molecule has 340 valence electrons. The summed E-state index contributed by atoms with van der Waals surface area (Å²) < 4.78 is 14.5. The maximum Gasteiger partial charge on any atom is 0.166 e. The summed E-state index contributed by atoms with van der Waals surface area (Å²) in [5, 5.41) is 14.0. The van der Waals surface area contributed by atoms with Crippen LogP contribution in [0, 0.1) is 6.92 Å². The van der Waals surface area contributed by atoms with E-state index in [2.05, 4.69) is 234 Å². The molecule has 0 saturated carbocycles. The molecule has 5 aromatic heterocycles. The van der Waals surface area contributed by atoms with Crippen LogP contribution in [0.15, 0.2) is 229 Å². The second kappa shape index (κ2) is 15.3. The van der Waals surface area contributed by atoms with Crippen LogP contribution >= 0.6 is 11.3 Å². The van der Waals surface area contributed by atoms with E-state index >= 15 is 0 Å². The standard InChI is InChI=1S/C67H40N4OS/c1-39-62(51-28-15-26-48-45-23-9-12-30-54(45)70(64(48)51)43-20-3-2-4-21-43)68-67(69-63(39)52-29-16-27-50-47-25-11-14-32-59(47)73-66(50)52)61-56(36-34-49-46-24-10-13-31-58(46)72-65(49)61)71-55-35-33-40-17-7-8-22-44(40)60(55)53-37-41-18-5-6-19-42(41)38-57(53)71/h2-38H,1H3. The normalized spacial score (nSPS) is 12.2. The second-order valence-corrected chi connectivity index (χ2v) is 20.3. The Kier molecular flexibility index (Phi) is 8.47. The van der Waals surface area contributed by atoms with Gasteiger partial charge in [-0.25, -0.2) is 9.97 Å². The topological polar surface area (TPSA) is 48.8 Å². The Morgan fingerprint density at radius 2 is 1.08 bits per heavy atom. The molecule has 0 aliphatic rings. The molecule has 16 aromatic rings. The summed E-state index contributed by atoms with van der Waals surface area (Å²) in [7, 11) is 0. The molecule has 0 unspecified atom stereocenters. The Balaban J connectivity index is 1.09. The maximum atomic E-state index is 7.16. The highest BCUT2D eigenvalue weighted by molar-refractivity contribution is 7.26. The van der Waals surface area contributed by atoms with E-state index < -0.39 is 0 Å². The fraction of sp³-hybridized carbons (Fsp3) is 0.0149. The third kappa shape index (κ3) is 5.78. The largest absolute Gasteiger partial charge is 0.455 e. The molecule has 0 aliphatic heterocycles. The minimum absolute atomic E-state index is 0.587. The van der Waals surface area contributed by atoms with Crippen molar-refractivity contribution in [3.63, 3.8) is 0 Å². The summed E-state index contributed by atoms with van der Waals surface area (Å²) in [6.45, 7) is 2.21. The van der Waals surface area contributed by atoms with E-state index in [0.29, 0.717) is 5.82 Å². The van der Waals surface area contributed by atoms with Gasteiger partial charge in [0.1, 0.15) is 11.2 Å². The molecule has 0 radical (unpaired) electrons. The monoisotopic (exact) mass is 948 g/mol. The molecule has 0 aliphatic carbocycles. The zero-order valence-corrected chi connectivity index (χ0v) is 40.3. The number of hydrogen-bond donors (Lipinski definition) is 0. The number of benzene rings is 11. The van der Waals surface area contributed by atoms with Crippen LogP contribution in [-0.4, -0.2) is 19.1 Å². The van der Waals surface area contributed by atoms with Gasteiger partial charge in [-0.3, -0.25) is 0 Å². The van der Waals surface area contributed by atoms with E-state index in [9.17, 15) is 0 Å². The number of nitrogens with zero attached hydrogens (tertiary/aromatic N) is 4. The fourth-order valence-corrected chi connectivity index (χ4v) is 13.3. The molecule has 0 N–H and O–H groups in total. The number of hydrogen-bond acceptors (Lipinski definition) is 4. The molecular weight excluding hydrogens is 909 g/mol. The first-order chi connectivity index (χ1) is 36.1. The number of para-hydroxylation sites is 4. The van der Waals surface area contributed by atoms with Gasteiger partial charge in [-0.05, 0) is 89.1 Å². The van der Waals surface area contributed by atoms with Gasteiger partial charge in [0.2, 0.25) is 0 Å². The average Bonchev–Trinajstić information content (AvgIpc) is 4.23. The molecule has 6 heteroatoms. The van der Waals surface area contributed by atoms with Gasteiger partial charge < -0.3 is 13.6 Å². The van der Waals surface area contributed by atoms with E-state index in [-0.39, 0.29) is 0 Å². The van der Waals surface area contributed by atoms with Crippen LogP contribution in [0.25, 0.3) is 153 Å². The lowest BCUT2D eigenvalue weighted by Gasteiger charge is -2.19. The molecule has 16 rings (SSSR count). The van der Waals surface area contributed by atoms with Crippen molar-refractivity contribution in [3.8, 4) is 45.3 Å². The first kappa shape index (κ1) is 40.4. The highest BCUT2D eigenvalue weighted by Crippen LogP contribution is 2.48. The molecule has 0 amide bonds. The van der Waals surface area contributed by atoms with Gasteiger partial charge in [0.05, 0.1) is 44.7 Å². The molecule has 0 spiro atoms. The van der Waals surface area contributed by atoms with Crippen molar-refractivity contribution in [1.29, 1.82) is 0 Å². The van der Waals surface area contributed by atoms with Gasteiger partial charge in [0.15, 0.2) is 5.82 Å². The van der Waals surface area contributed by atoms with Gasteiger partial charge >= 0.3 is 0 Å². The highest BCUT2D eigenvalue weighted by Gasteiger charge is 2.28. The molecular formula is C67H40N4OS. The zero-order valence-electron chi connectivity index (χ0n) is 39.5. The summed E-state index contributed by atoms with van der Waals surface area (Å²) in [6, 6.07) is 81.1. The molecule has 0 saturated heterocycles. The number of thiophene rings is 1. The summed E-state index contributed by atoms with van der Waals surface area (Å²) in [4.78, 5) is 11.8. The van der Waals surface area contributed by atoms with Gasteiger partial charge in [-0.15, -0.1) is 11.3 Å². The van der Waals surface area contributed by atoms with Crippen LogP contribution in [0.2, 0.25) is 0 Å². The van der Waals surface area contributed by atoms with Crippen LogP contribution in [-0.2, 0) is 0 Å². The van der Waals surface area contributed by atoms with E-state index in [0.717, 1.165) is 94.4 Å². The van der Waals surface area contributed by atoms with Crippen LogP contribution in [0.4, 0.5) is 0 Å². The first-order valence-corrected chi connectivity index (χ1v) is 25.6. The van der Waals surface area contributed by atoms with E-state index in [4.69, 9.17) is 14.4 Å². The van der Waals surface area contributed by atoms with E-state index in [1.54, 1.807) is 0 Å². The van der Waals surface area contributed by atoms with E-state index in [1.807, 2.05) is 17.4 Å². The van der Waals surface area contributed by atoms with Crippen molar-refractivity contribution < 1.29 is 4.42 Å². The van der Waals surface area contributed by atoms with Gasteiger partial charge in [0.25, 0.3) is 0 Å². The number of fused-ring (bicyclic) bond motifs is 15. The van der Waals surface area contributed by atoms with Gasteiger partial charge in [-0.2, -0.15) is 0 Å². The van der Waals surface area contributed by atoms with Crippen molar-refractivity contribution in [2.24, 2.45) is 0 Å². The molecule has 0 fully saturated rings. The summed E-state index contributed by atoms with van der Waals surface area (Å²) >= 11 is 1.82. The Morgan fingerprint density at radius 3 is 1.93 bits per heavy atom. The summed E-state index contributed by atoms with van der Waals surface area (Å²) in [5.74, 6) is 0.587. The highest BCUT2D eigenvalue weighted by atomic mass is 32.1. The number of aromatic nitrogens is 4. The van der Waals surface area contributed by atoms with E-state index in [1.165, 1.54) is 57.9 Å². The van der Waals surface area contributed by atoms with Gasteiger partial charge in [0, 0.05) is 74.9 Å². The Bertz CT molecular complexity index is 5000. The SMILES string of the molecule is Cc1c(-c2cccc3c2sc2ccccc23)nc(-c2c(-n3c4cc5ccccc5cc4c4c5ccccc5ccc43)ccc3c2oc2ccccc23)nc1-c1cccc2c3ccccc3n(-c3ccccc3)c12. The van der Waals surface area contributed by atoms with Crippen LogP contribution in [0.1, 0.15) is 5.56 Å². The molecule has 5 nitrogen and oxygen atoms in total. The summed E-state index contributed by atoms with van der Waals surface area (Å²) in [6.07, 6.45) is 0. The fourth-order valence-electron chi connectivity index (χ4n) is 12.1. The molecule has 5 heterocycles. The Morgan fingerprint density at radius 1 is 0.425 bits per heavy atom. The molecule has 0 atom stereocenters. The van der Waals surface area contributed by atoms with Gasteiger partial charge in [-0.1, -0.05) is 164 Å². The summed E-state index contributed by atoms with van der Waals surface area (Å²) in [5.41, 5.74) is 13.7.